The van der Waals surface area contributed by atoms with Crippen molar-refractivity contribution in [2.24, 2.45) is 0 Å². The molecule has 2 N–H and O–H groups in total. The van der Waals surface area contributed by atoms with Crippen molar-refractivity contribution >= 4 is 40.5 Å². The Hall–Kier alpha value is -2.83. The van der Waals surface area contributed by atoms with Gasteiger partial charge >= 0.3 is 5.97 Å². The number of nitrogens with zero attached hydrogens (tertiary/aromatic N) is 2. The summed E-state index contributed by atoms with van der Waals surface area (Å²) in [5, 5.41) is 20.0. The van der Waals surface area contributed by atoms with Gasteiger partial charge in [0.1, 0.15) is 12.2 Å². The number of ether oxygens (including phenoxy) is 1. The molecule has 0 atom stereocenters. The van der Waals surface area contributed by atoms with Gasteiger partial charge in [-0.1, -0.05) is 53.5 Å². The summed E-state index contributed by atoms with van der Waals surface area (Å²) in [6, 6.07) is 12.8. The lowest BCUT2D eigenvalue weighted by Crippen LogP contribution is -2.04. The molecule has 132 valence electrons. The SMILES string of the molecule is O=C(O)c1cnncc1Nc1cc(Cl)c(OCc2ccccc2)c(Cl)c1. The molecule has 0 radical (unpaired) electrons. The first-order valence-corrected chi connectivity index (χ1v) is 8.27. The first-order valence-electron chi connectivity index (χ1n) is 7.51. The summed E-state index contributed by atoms with van der Waals surface area (Å²) >= 11 is 12.6. The number of carbonyl (C=O) groups is 1. The third kappa shape index (κ3) is 4.22. The summed E-state index contributed by atoms with van der Waals surface area (Å²) in [5.74, 6) is -0.767. The first kappa shape index (κ1) is 18.0. The van der Waals surface area contributed by atoms with Gasteiger partial charge in [0.05, 0.1) is 28.1 Å². The van der Waals surface area contributed by atoms with Crippen molar-refractivity contribution in [1.82, 2.24) is 10.2 Å². The second-order valence-corrected chi connectivity index (χ2v) is 6.10. The van der Waals surface area contributed by atoms with E-state index in [9.17, 15) is 9.90 Å². The van der Waals surface area contributed by atoms with Crippen molar-refractivity contribution in [2.75, 3.05) is 5.32 Å². The smallest absolute Gasteiger partial charge is 0.339 e. The van der Waals surface area contributed by atoms with Crippen LogP contribution in [0.25, 0.3) is 0 Å². The molecule has 0 bridgehead atoms. The van der Waals surface area contributed by atoms with E-state index in [0.717, 1.165) is 11.8 Å². The molecule has 0 amide bonds. The minimum atomic E-state index is -1.12. The van der Waals surface area contributed by atoms with Crippen LogP contribution in [0.5, 0.6) is 5.75 Å². The zero-order valence-corrected chi connectivity index (χ0v) is 14.8. The van der Waals surface area contributed by atoms with Gasteiger partial charge in [0.2, 0.25) is 0 Å². The lowest BCUT2D eigenvalue weighted by molar-refractivity contribution is 0.0697. The van der Waals surface area contributed by atoms with Gasteiger partial charge in [-0.15, -0.1) is 0 Å². The second-order valence-electron chi connectivity index (χ2n) is 5.29. The van der Waals surface area contributed by atoms with Gasteiger partial charge in [-0.2, -0.15) is 10.2 Å². The van der Waals surface area contributed by atoms with Crippen LogP contribution in [-0.4, -0.2) is 21.3 Å². The highest BCUT2D eigenvalue weighted by molar-refractivity contribution is 6.37. The number of carboxylic acids is 1. The van der Waals surface area contributed by atoms with Gasteiger partial charge in [-0.05, 0) is 17.7 Å². The Labute approximate surface area is 159 Å². The largest absolute Gasteiger partial charge is 0.486 e. The lowest BCUT2D eigenvalue weighted by Gasteiger charge is -2.13. The summed E-state index contributed by atoms with van der Waals surface area (Å²) in [4.78, 5) is 11.2. The van der Waals surface area contributed by atoms with Gasteiger partial charge < -0.3 is 15.2 Å². The molecule has 6 nitrogen and oxygen atoms in total. The van der Waals surface area contributed by atoms with Crippen LogP contribution in [0.4, 0.5) is 11.4 Å². The minimum Gasteiger partial charge on any atom is -0.486 e. The standard InChI is InChI=1S/C18H13Cl2N3O3/c19-14-6-12(23-16-9-22-21-8-13(16)18(24)25)7-15(20)17(14)26-10-11-4-2-1-3-5-11/h1-9H,10H2,(H,21,23)(H,24,25). The maximum absolute atomic E-state index is 11.2. The number of rotatable bonds is 6. The van der Waals surface area contributed by atoms with E-state index in [1.807, 2.05) is 30.3 Å². The van der Waals surface area contributed by atoms with E-state index in [1.54, 1.807) is 12.1 Å². The van der Waals surface area contributed by atoms with Crippen LogP contribution in [0.3, 0.4) is 0 Å². The Morgan fingerprint density at radius 1 is 1.08 bits per heavy atom. The molecule has 0 aliphatic heterocycles. The predicted octanol–water partition coefficient (Wildman–Crippen LogP) is 4.80. The molecule has 0 saturated heterocycles. The first-order chi connectivity index (χ1) is 12.5. The molecule has 2 aromatic carbocycles. The van der Waals surface area contributed by atoms with E-state index in [-0.39, 0.29) is 11.3 Å². The third-order valence-corrected chi connectivity index (χ3v) is 4.03. The Balaban J connectivity index is 1.80. The number of aromatic carboxylic acids is 1. The highest BCUT2D eigenvalue weighted by Gasteiger charge is 2.14. The number of hydrogen-bond acceptors (Lipinski definition) is 5. The van der Waals surface area contributed by atoms with Crippen LogP contribution in [-0.2, 0) is 6.61 Å². The number of halogens is 2. The maximum Gasteiger partial charge on any atom is 0.339 e. The molecule has 0 aliphatic rings. The average Bonchev–Trinajstić information content (AvgIpc) is 2.62. The number of nitrogens with one attached hydrogen (secondary N) is 1. The van der Waals surface area contributed by atoms with E-state index in [4.69, 9.17) is 27.9 Å². The molecule has 0 unspecified atom stereocenters. The van der Waals surface area contributed by atoms with Crippen molar-refractivity contribution in [1.29, 1.82) is 0 Å². The van der Waals surface area contributed by atoms with Gasteiger partial charge in [-0.25, -0.2) is 4.79 Å². The second kappa shape index (κ2) is 8.03. The number of benzene rings is 2. The zero-order chi connectivity index (χ0) is 18.5. The molecule has 26 heavy (non-hydrogen) atoms. The molecule has 1 heterocycles. The topological polar surface area (TPSA) is 84.3 Å². The monoisotopic (exact) mass is 389 g/mol. The Kier molecular flexibility index (Phi) is 5.55. The minimum absolute atomic E-state index is 0.0170. The molecule has 8 heteroatoms. The highest BCUT2D eigenvalue weighted by atomic mass is 35.5. The van der Waals surface area contributed by atoms with Crippen LogP contribution >= 0.6 is 23.2 Å². The summed E-state index contributed by atoms with van der Waals surface area (Å²) in [7, 11) is 0. The van der Waals surface area contributed by atoms with Crippen LogP contribution in [0.2, 0.25) is 10.0 Å². The lowest BCUT2D eigenvalue weighted by atomic mass is 10.2. The normalized spacial score (nSPS) is 10.4. The average molecular weight is 390 g/mol. The van der Waals surface area contributed by atoms with Crippen LogP contribution in [0.15, 0.2) is 54.9 Å². The summed E-state index contributed by atoms with van der Waals surface area (Å²) < 4.78 is 5.71. The van der Waals surface area contributed by atoms with Gasteiger partial charge in [0, 0.05) is 5.69 Å². The Morgan fingerprint density at radius 2 is 1.73 bits per heavy atom. The van der Waals surface area contributed by atoms with E-state index in [0.29, 0.717) is 28.1 Å². The maximum atomic E-state index is 11.2. The zero-order valence-electron chi connectivity index (χ0n) is 13.3. The molecule has 0 fully saturated rings. The van der Waals surface area contributed by atoms with Crippen molar-refractivity contribution in [3.05, 3.63) is 76.0 Å². The van der Waals surface area contributed by atoms with Crippen molar-refractivity contribution in [2.45, 2.75) is 6.61 Å². The molecule has 0 spiro atoms. The van der Waals surface area contributed by atoms with E-state index in [1.165, 1.54) is 6.20 Å². The fourth-order valence-corrected chi connectivity index (χ4v) is 2.84. The molecule has 1 aromatic heterocycles. The van der Waals surface area contributed by atoms with E-state index >= 15 is 0 Å². The Morgan fingerprint density at radius 3 is 2.38 bits per heavy atom. The molecular weight excluding hydrogens is 377 g/mol. The number of carboxylic acid groups (broad SMARTS) is 1. The van der Waals surface area contributed by atoms with Crippen LogP contribution < -0.4 is 10.1 Å². The molecular formula is C18H13Cl2N3O3. The fraction of sp³-hybridized carbons (Fsp3) is 0.0556. The van der Waals surface area contributed by atoms with E-state index < -0.39 is 5.97 Å². The predicted molar refractivity (Wildman–Crippen MR) is 99.5 cm³/mol. The summed E-state index contributed by atoms with van der Waals surface area (Å²) in [6.45, 7) is 0.324. The van der Waals surface area contributed by atoms with Crippen molar-refractivity contribution < 1.29 is 14.6 Å². The fourth-order valence-electron chi connectivity index (χ4n) is 2.25. The summed E-state index contributed by atoms with van der Waals surface area (Å²) in [5.41, 5.74) is 1.74. The van der Waals surface area contributed by atoms with Gasteiger partial charge in [0.15, 0.2) is 5.75 Å². The van der Waals surface area contributed by atoms with Gasteiger partial charge in [-0.3, -0.25) is 0 Å². The quantitative estimate of drug-likeness (QED) is 0.629. The third-order valence-electron chi connectivity index (χ3n) is 3.46. The Bertz CT molecular complexity index is 913. The molecule has 3 rings (SSSR count). The highest BCUT2D eigenvalue weighted by Crippen LogP contribution is 2.37. The van der Waals surface area contributed by atoms with E-state index in [2.05, 4.69) is 15.5 Å². The van der Waals surface area contributed by atoms with Gasteiger partial charge in [0.25, 0.3) is 0 Å². The van der Waals surface area contributed by atoms with Crippen molar-refractivity contribution in [3.8, 4) is 5.75 Å². The van der Waals surface area contributed by atoms with Crippen LogP contribution in [0, 0.1) is 0 Å². The number of anilines is 2. The molecule has 3 aromatic rings. The van der Waals surface area contributed by atoms with Crippen LogP contribution in [0.1, 0.15) is 15.9 Å². The summed E-state index contributed by atoms with van der Waals surface area (Å²) in [6.07, 6.45) is 2.47. The van der Waals surface area contributed by atoms with Crippen molar-refractivity contribution in [3.63, 3.8) is 0 Å². The molecule has 0 aliphatic carbocycles. The number of aromatic nitrogens is 2. The molecule has 0 saturated carbocycles. The number of hydrogen-bond donors (Lipinski definition) is 2.